The average molecular weight is 297 g/mol. The van der Waals surface area contributed by atoms with E-state index in [4.69, 9.17) is 0 Å². The maximum absolute atomic E-state index is 2.42. The van der Waals surface area contributed by atoms with Crippen molar-refractivity contribution in [1.82, 2.24) is 0 Å². The van der Waals surface area contributed by atoms with Gasteiger partial charge < -0.3 is 5.48 Å². The van der Waals surface area contributed by atoms with E-state index in [0.29, 0.717) is 10.8 Å². The number of rotatable bonds is 6. The summed E-state index contributed by atoms with van der Waals surface area (Å²) in [6, 6.07) is 4.70. The second kappa shape index (κ2) is 7.51. The lowest BCUT2D eigenvalue weighted by molar-refractivity contribution is 0.439. The van der Waals surface area contributed by atoms with Crippen LogP contribution in [0.25, 0.3) is 0 Å². The van der Waals surface area contributed by atoms with Crippen LogP contribution >= 0.6 is 11.3 Å². The van der Waals surface area contributed by atoms with Crippen LogP contribution in [0.1, 0.15) is 82.5 Å². The van der Waals surface area contributed by atoms with Crippen LogP contribution < -0.4 is 0 Å². The van der Waals surface area contributed by atoms with Crippen molar-refractivity contribution in [2.24, 2.45) is 0 Å². The van der Waals surface area contributed by atoms with Gasteiger partial charge in [-0.25, -0.2) is 0 Å². The summed E-state index contributed by atoms with van der Waals surface area (Å²) in [5.41, 5.74) is 2.15. The van der Waals surface area contributed by atoms with Crippen LogP contribution in [-0.4, -0.2) is 5.48 Å². The molecule has 0 aliphatic heterocycles. The minimum absolute atomic E-state index is 0. The molecule has 0 saturated heterocycles. The van der Waals surface area contributed by atoms with Gasteiger partial charge in [-0.05, 0) is 44.7 Å². The Morgan fingerprint density at radius 2 is 1.30 bits per heavy atom. The van der Waals surface area contributed by atoms with Crippen molar-refractivity contribution in [2.45, 2.75) is 85.0 Å². The quantitative estimate of drug-likeness (QED) is 0.565. The van der Waals surface area contributed by atoms with Gasteiger partial charge in [0.05, 0.1) is 0 Å². The van der Waals surface area contributed by atoms with E-state index in [-0.39, 0.29) is 5.48 Å². The lowest BCUT2D eigenvalue weighted by Crippen LogP contribution is -2.22. The second-order valence-corrected chi connectivity index (χ2v) is 7.40. The zero-order valence-electron chi connectivity index (χ0n) is 14.3. The van der Waals surface area contributed by atoms with Crippen molar-refractivity contribution in [3.8, 4) is 0 Å². The highest BCUT2D eigenvalue weighted by Crippen LogP contribution is 2.41. The Balaban J connectivity index is 0.00000361. The van der Waals surface area contributed by atoms with Crippen LogP contribution in [0.15, 0.2) is 12.1 Å². The van der Waals surface area contributed by atoms with Crippen molar-refractivity contribution >= 4 is 11.3 Å². The third kappa shape index (κ3) is 3.59. The monoisotopic (exact) mass is 296 g/mol. The first-order valence-corrected chi connectivity index (χ1v) is 8.63. The average Bonchev–Trinajstić information content (AvgIpc) is 2.46. The van der Waals surface area contributed by atoms with Crippen molar-refractivity contribution in [1.29, 1.82) is 0 Å². The minimum atomic E-state index is 0. The molecule has 1 heterocycles. The van der Waals surface area contributed by atoms with Crippen LogP contribution in [0.3, 0.4) is 0 Å². The first-order chi connectivity index (χ1) is 8.86. The molecule has 0 spiro atoms. The van der Waals surface area contributed by atoms with Gasteiger partial charge in [-0.3, -0.25) is 0 Å². The van der Waals surface area contributed by atoms with Gasteiger partial charge in [-0.2, -0.15) is 0 Å². The second-order valence-electron chi connectivity index (χ2n) is 6.35. The van der Waals surface area contributed by atoms with E-state index < -0.39 is 0 Å². The molecule has 1 aromatic heterocycles. The molecule has 0 saturated carbocycles. The van der Waals surface area contributed by atoms with Crippen molar-refractivity contribution in [3.63, 3.8) is 0 Å². The van der Waals surface area contributed by atoms with Gasteiger partial charge in [0.1, 0.15) is 0 Å². The normalized spacial score (nSPS) is 12.2. The fourth-order valence-electron chi connectivity index (χ4n) is 2.59. The third-order valence-electron chi connectivity index (χ3n) is 5.32. The molecule has 1 aromatic rings. The van der Waals surface area contributed by atoms with Gasteiger partial charge >= 0.3 is 0 Å². The van der Waals surface area contributed by atoms with E-state index >= 15 is 0 Å². The van der Waals surface area contributed by atoms with E-state index in [1.165, 1.54) is 31.2 Å². The first-order valence-electron chi connectivity index (χ1n) is 7.81. The largest absolute Gasteiger partial charge is 0.870 e. The molecule has 1 rings (SSSR count). The van der Waals surface area contributed by atoms with Gasteiger partial charge in [0.25, 0.3) is 0 Å². The van der Waals surface area contributed by atoms with Crippen LogP contribution in [-0.2, 0) is 10.8 Å². The SMILES string of the molecule is CCC(C)(CC)c1ccc(C)c(C(C)(CC)CC)[s+]1.[OH-]. The molecule has 116 valence electrons. The van der Waals surface area contributed by atoms with Crippen molar-refractivity contribution in [2.75, 3.05) is 0 Å². The highest BCUT2D eigenvalue weighted by atomic mass is 32.1. The van der Waals surface area contributed by atoms with Crippen LogP contribution in [0.4, 0.5) is 0 Å². The Hall–Kier alpha value is -0.470. The molecule has 0 radical (unpaired) electrons. The minimum Gasteiger partial charge on any atom is -0.870 e. The van der Waals surface area contributed by atoms with Gasteiger partial charge in [-0.1, -0.05) is 41.5 Å². The molecule has 0 aromatic carbocycles. The number of aryl methyl sites for hydroxylation is 1. The maximum Gasteiger partial charge on any atom is 0.219 e. The highest BCUT2D eigenvalue weighted by molar-refractivity contribution is 7.12. The molecule has 0 fully saturated rings. The van der Waals surface area contributed by atoms with Crippen LogP contribution in [0.2, 0.25) is 0 Å². The van der Waals surface area contributed by atoms with E-state index in [1.54, 1.807) is 9.75 Å². The summed E-state index contributed by atoms with van der Waals surface area (Å²) in [5, 5.41) is 0. The summed E-state index contributed by atoms with van der Waals surface area (Å²) >= 11 is 2.06. The lowest BCUT2D eigenvalue weighted by atomic mass is 9.81. The van der Waals surface area contributed by atoms with E-state index in [2.05, 4.69) is 71.9 Å². The zero-order valence-corrected chi connectivity index (χ0v) is 15.2. The lowest BCUT2D eigenvalue weighted by Gasteiger charge is -2.25. The first kappa shape index (κ1) is 19.5. The summed E-state index contributed by atoms with van der Waals surface area (Å²) in [5.74, 6) is 0. The summed E-state index contributed by atoms with van der Waals surface area (Å²) in [4.78, 5) is 3.16. The molecule has 0 unspecified atom stereocenters. The Kier molecular flexibility index (Phi) is 7.34. The fourth-order valence-corrected chi connectivity index (χ4v) is 4.25. The Labute approximate surface area is 129 Å². The molecule has 0 aliphatic carbocycles. The van der Waals surface area contributed by atoms with Crippen molar-refractivity contribution in [3.05, 3.63) is 27.5 Å². The highest BCUT2D eigenvalue weighted by Gasteiger charge is 2.38. The summed E-state index contributed by atoms with van der Waals surface area (Å²) < 4.78 is 0. The Bertz CT molecular complexity index is 417. The summed E-state index contributed by atoms with van der Waals surface area (Å²) in [7, 11) is 0. The van der Waals surface area contributed by atoms with Gasteiger partial charge in [0.2, 0.25) is 21.1 Å². The summed E-state index contributed by atoms with van der Waals surface area (Å²) in [6.45, 7) is 16.4. The van der Waals surface area contributed by atoms with Crippen LogP contribution in [0, 0.1) is 6.92 Å². The van der Waals surface area contributed by atoms with E-state index in [1.807, 2.05) is 0 Å². The zero-order chi connectivity index (χ0) is 14.7. The maximum atomic E-state index is 2.42. The Morgan fingerprint density at radius 1 is 0.850 bits per heavy atom. The molecule has 0 bridgehead atoms. The van der Waals surface area contributed by atoms with E-state index in [0.717, 1.165) is 0 Å². The van der Waals surface area contributed by atoms with Crippen LogP contribution in [0.5, 0.6) is 0 Å². The molecule has 20 heavy (non-hydrogen) atoms. The van der Waals surface area contributed by atoms with Gasteiger partial charge in [-0.15, -0.1) is 0 Å². The third-order valence-corrected chi connectivity index (χ3v) is 7.19. The molecule has 0 aliphatic rings. The molecule has 0 atom stereocenters. The van der Waals surface area contributed by atoms with E-state index in [9.17, 15) is 0 Å². The molecule has 2 heteroatoms. The smallest absolute Gasteiger partial charge is 0.219 e. The molecule has 1 N–H and O–H groups in total. The predicted molar refractivity (Wildman–Crippen MR) is 91.3 cm³/mol. The topological polar surface area (TPSA) is 30.0 Å². The van der Waals surface area contributed by atoms with Gasteiger partial charge in [0.15, 0.2) is 0 Å². The van der Waals surface area contributed by atoms with Crippen molar-refractivity contribution < 1.29 is 5.48 Å². The predicted octanol–water partition coefficient (Wildman–Crippen LogP) is 6.32. The fraction of sp³-hybridized carbons (Fsp3) is 0.722. The molecular weight excluding hydrogens is 264 g/mol. The van der Waals surface area contributed by atoms with Gasteiger partial charge in [0, 0.05) is 16.4 Å². The molecule has 0 amide bonds. The Morgan fingerprint density at radius 3 is 1.70 bits per heavy atom. The molecular formula is C18H32OS. The number of hydrogen-bond donors (Lipinski definition) is 0. The summed E-state index contributed by atoms with van der Waals surface area (Å²) in [6.07, 6.45) is 4.88. The number of hydrogen-bond acceptors (Lipinski definition) is 1. The molecule has 1 nitrogen and oxygen atoms in total. The standard InChI is InChI=1S/C18H31S.H2O/c1-8-17(6,9-2)15-13-12-14(5)16(19-15)18(7,10-3)11-4;/h12-13H,8-11H2,1-7H3;1H2/q+1;/p-1.